The van der Waals surface area contributed by atoms with Gasteiger partial charge in [0, 0.05) is 10.6 Å². The number of benzene rings is 2. The molecule has 0 unspecified atom stereocenters. The highest BCUT2D eigenvalue weighted by molar-refractivity contribution is 7.98. The summed E-state index contributed by atoms with van der Waals surface area (Å²) in [6, 6.07) is 13.6. The van der Waals surface area contributed by atoms with Gasteiger partial charge < -0.3 is 14.8 Å². The van der Waals surface area contributed by atoms with Crippen molar-refractivity contribution in [1.29, 1.82) is 0 Å². The van der Waals surface area contributed by atoms with Crippen LogP contribution in [0.4, 0.5) is 10.1 Å². The van der Waals surface area contributed by atoms with Crippen molar-refractivity contribution in [2.75, 3.05) is 19.5 Å². The quantitative estimate of drug-likeness (QED) is 0.452. The van der Waals surface area contributed by atoms with E-state index >= 15 is 0 Å². The Morgan fingerprint density at radius 1 is 1.12 bits per heavy atom. The van der Waals surface area contributed by atoms with Crippen LogP contribution >= 0.6 is 11.8 Å². The number of hydrogen-bond donors (Lipinski definition) is 1. The summed E-state index contributed by atoms with van der Waals surface area (Å²) in [6.07, 6.45) is 1.03. The van der Waals surface area contributed by atoms with Gasteiger partial charge >= 0.3 is 11.9 Å². The number of ether oxygens (including phenoxy) is 2. The molecule has 26 heavy (non-hydrogen) atoms. The van der Waals surface area contributed by atoms with E-state index in [9.17, 15) is 14.0 Å². The minimum atomic E-state index is -0.694. The number of carbonyl (C=O) groups excluding carboxylic acids is 2. The maximum atomic E-state index is 13.3. The second-order valence-corrected chi connectivity index (χ2v) is 6.13. The standard InChI is InChI=1S/C19H18FNO4S/c1-24-18(22)11-16(19(23)25-2)21-15-8-3-4-9-17(15)26-12-13-6-5-7-14(20)10-13/h3-11,21H,12H2,1-2H3/b16-11+. The van der Waals surface area contributed by atoms with Gasteiger partial charge in [-0.05, 0) is 29.8 Å². The van der Waals surface area contributed by atoms with Crippen molar-refractivity contribution in [3.05, 3.63) is 71.7 Å². The smallest absolute Gasteiger partial charge is 0.354 e. The summed E-state index contributed by atoms with van der Waals surface area (Å²) < 4.78 is 22.5. The third-order valence-corrected chi connectivity index (χ3v) is 4.45. The van der Waals surface area contributed by atoms with Gasteiger partial charge in [-0.15, -0.1) is 11.8 Å². The minimum Gasteiger partial charge on any atom is -0.466 e. The molecule has 0 radical (unpaired) electrons. The number of para-hydroxylation sites is 1. The van der Waals surface area contributed by atoms with E-state index in [4.69, 9.17) is 0 Å². The van der Waals surface area contributed by atoms with Gasteiger partial charge in [0.1, 0.15) is 11.5 Å². The molecule has 2 aromatic rings. The van der Waals surface area contributed by atoms with Crippen LogP contribution in [0.5, 0.6) is 0 Å². The number of nitrogens with one attached hydrogen (secondary N) is 1. The molecular weight excluding hydrogens is 357 g/mol. The Morgan fingerprint density at radius 3 is 2.58 bits per heavy atom. The van der Waals surface area contributed by atoms with Crippen LogP contribution in [-0.4, -0.2) is 26.2 Å². The van der Waals surface area contributed by atoms with Crippen molar-refractivity contribution in [3.8, 4) is 0 Å². The van der Waals surface area contributed by atoms with E-state index in [-0.39, 0.29) is 11.5 Å². The molecule has 0 atom stereocenters. The lowest BCUT2D eigenvalue weighted by atomic mass is 10.2. The molecule has 1 N–H and O–H groups in total. The lowest BCUT2D eigenvalue weighted by molar-refractivity contribution is -0.138. The highest BCUT2D eigenvalue weighted by atomic mass is 32.2. The Bertz CT molecular complexity index is 823. The summed E-state index contributed by atoms with van der Waals surface area (Å²) in [7, 11) is 2.44. The van der Waals surface area contributed by atoms with Crippen LogP contribution < -0.4 is 5.32 Å². The van der Waals surface area contributed by atoms with E-state index in [1.54, 1.807) is 18.2 Å². The molecule has 0 aliphatic heterocycles. The zero-order chi connectivity index (χ0) is 18.9. The van der Waals surface area contributed by atoms with Crippen LogP contribution in [0, 0.1) is 5.82 Å². The molecular formula is C19H18FNO4S. The fourth-order valence-corrected chi connectivity index (χ4v) is 3.01. The normalized spacial score (nSPS) is 11.0. The van der Waals surface area contributed by atoms with E-state index in [2.05, 4.69) is 14.8 Å². The summed E-state index contributed by atoms with van der Waals surface area (Å²) in [5.74, 6) is -1.11. The Balaban J connectivity index is 2.20. The lowest BCUT2D eigenvalue weighted by Crippen LogP contribution is -2.15. The molecule has 5 nitrogen and oxygen atoms in total. The summed E-state index contributed by atoms with van der Waals surface area (Å²) in [6.45, 7) is 0. The van der Waals surface area contributed by atoms with Crippen LogP contribution in [0.3, 0.4) is 0 Å². The Kier molecular flexibility index (Phi) is 7.23. The Morgan fingerprint density at radius 2 is 1.88 bits per heavy atom. The minimum absolute atomic E-state index is 0.0434. The van der Waals surface area contributed by atoms with Gasteiger partial charge in [0.15, 0.2) is 0 Å². The maximum Gasteiger partial charge on any atom is 0.354 e. The van der Waals surface area contributed by atoms with Gasteiger partial charge in [-0.3, -0.25) is 0 Å². The lowest BCUT2D eigenvalue weighted by Gasteiger charge is -2.13. The predicted molar refractivity (Wildman–Crippen MR) is 98.1 cm³/mol. The first kappa shape index (κ1) is 19.5. The van der Waals surface area contributed by atoms with E-state index in [1.165, 1.54) is 38.1 Å². The van der Waals surface area contributed by atoms with Crippen LogP contribution in [0.25, 0.3) is 0 Å². The van der Waals surface area contributed by atoms with Gasteiger partial charge in [0.05, 0.1) is 26.0 Å². The van der Waals surface area contributed by atoms with Crippen LogP contribution in [0.2, 0.25) is 0 Å². The SMILES string of the molecule is COC(=O)/C=C(/Nc1ccccc1SCc1cccc(F)c1)C(=O)OC. The number of rotatable bonds is 7. The molecule has 2 aromatic carbocycles. The number of carbonyl (C=O) groups is 2. The number of halogens is 1. The van der Waals surface area contributed by atoms with Gasteiger partial charge in [-0.1, -0.05) is 24.3 Å². The first-order valence-corrected chi connectivity index (χ1v) is 8.63. The van der Waals surface area contributed by atoms with E-state index < -0.39 is 11.9 Å². The van der Waals surface area contributed by atoms with Gasteiger partial charge in [-0.2, -0.15) is 0 Å². The third-order valence-electron chi connectivity index (χ3n) is 3.31. The maximum absolute atomic E-state index is 13.3. The molecule has 0 heterocycles. The summed E-state index contributed by atoms with van der Waals surface area (Å²) in [4.78, 5) is 24.2. The zero-order valence-corrected chi connectivity index (χ0v) is 15.1. The van der Waals surface area contributed by atoms with Crippen molar-refractivity contribution in [2.45, 2.75) is 10.6 Å². The fourth-order valence-electron chi connectivity index (χ4n) is 2.06. The molecule has 0 fully saturated rings. The molecule has 0 saturated heterocycles. The Labute approximate surface area is 155 Å². The van der Waals surface area contributed by atoms with Crippen LogP contribution in [0.15, 0.2) is 65.2 Å². The second-order valence-electron chi connectivity index (χ2n) is 5.11. The topological polar surface area (TPSA) is 64.6 Å². The average Bonchev–Trinajstić information content (AvgIpc) is 2.66. The first-order chi connectivity index (χ1) is 12.5. The largest absolute Gasteiger partial charge is 0.466 e. The van der Waals surface area contributed by atoms with Crippen LogP contribution in [-0.2, 0) is 24.8 Å². The first-order valence-electron chi connectivity index (χ1n) is 7.64. The number of methoxy groups -OCH3 is 2. The van der Waals surface area contributed by atoms with E-state index in [1.807, 2.05) is 18.2 Å². The molecule has 2 rings (SSSR count). The molecule has 0 aliphatic carbocycles. The summed E-state index contributed by atoms with van der Waals surface area (Å²) in [5, 5.41) is 2.90. The zero-order valence-electron chi connectivity index (χ0n) is 14.3. The average molecular weight is 375 g/mol. The highest BCUT2D eigenvalue weighted by Crippen LogP contribution is 2.30. The number of hydrogen-bond acceptors (Lipinski definition) is 6. The van der Waals surface area contributed by atoms with Gasteiger partial charge in [-0.25, -0.2) is 14.0 Å². The summed E-state index contributed by atoms with van der Waals surface area (Å²) >= 11 is 1.47. The molecule has 0 spiro atoms. The number of anilines is 1. The van der Waals surface area contributed by atoms with Crippen LogP contribution in [0.1, 0.15) is 5.56 Å². The monoisotopic (exact) mass is 375 g/mol. The van der Waals surface area contributed by atoms with Crippen molar-refractivity contribution in [2.24, 2.45) is 0 Å². The van der Waals surface area contributed by atoms with Crippen molar-refractivity contribution in [1.82, 2.24) is 0 Å². The molecule has 136 valence electrons. The highest BCUT2D eigenvalue weighted by Gasteiger charge is 2.14. The predicted octanol–water partition coefficient (Wildman–Crippen LogP) is 3.76. The molecule has 0 bridgehead atoms. The van der Waals surface area contributed by atoms with E-state index in [0.717, 1.165) is 16.5 Å². The van der Waals surface area contributed by atoms with Crippen molar-refractivity contribution < 1.29 is 23.5 Å². The third kappa shape index (κ3) is 5.63. The molecule has 0 amide bonds. The van der Waals surface area contributed by atoms with Crippen molar-refractivity contribution >= 4 is 29.4 Å². The molecule has 0 aromatic heterocycles. The van der Waals surface area contributed by atoms with E-state index in [0.29, 0.717) is 11.4 Å². The summed E-state index contributed by atoms with van der Waals surface area (Å²) in [5.41, 5.74) is 1.41. The molecule has 0 aliphatic rings. The fraction of sp³-hybridized carbons (Fsp3) is 0.158. The van der Waals surface area contributed by atoms with Gasteiger partial charge in [0.2, 0.25) is 0 Å². The number of esters is 2. The number of thioether (sulfide) groups is 1. The molecule has 0 saturated carbocycles. The second kappa shape index (κ2) is 9.62. The molecule has 7 heteroatoms. The Hall–Kier alpha value is -2.80. The van der Waals surface area contributed by atoms with Gasteiger partial charge in [0.25, 0.3) is 0 Å². The van der Waals surface area contributed by atoms with Crippen molar-refractivity contribution in [3.63, 3.8) is 0 Å².